The van der Waals surface area contributed by atoms with Gasteiger partial charge in [0.05, 0.1) is 40.4 Å². The van der Waals surface area contributed by atoms with Gasteiger partial charge >= 0.3 is 11.9 Å². The van der Waals surface area contributed by atoms with E-state index in [2.05, 4.69) is 14.8 Å². The van der Waals surface area contributed by atoms with E-state index in [9.17, 15) is 57.1 Å². The monoisotopic (exact) mass is 686 g/mol. The van der Waals surface area contributed by atoms with Gasteiger partial charge in [-0.05, 0) is 13.3 Å². The zero-order chi connectivity index (χ0) is 36.6. The van der Waals surface area contributed by atoms with Crippen LogP contribution in [0, 0.1) is 0 Å². The molecule has 0 aliphatic carbocycles. The maximum absolute atomic E-state index is 12.7. The van der Waals surface area contributed by atoms with Crippen molar-refractivity contribution in [2.24, 2.45) is 0 Å². The van der Waals surface area contributed by atoms with Crippen LogP contribution in [0.2, 0.25) is 0 Å². The minimum absolute atomic E-state index is 0.00720. The van der Waals surface area contributed by atoms with Crippen LogP contribution >= 0.6 is 0 Å². The first kappa shape index (κ1) is 43.1. The SMILES string of the molecule is COC(=O)CN(CC(=O)CCCC(=O)CN(CC(=O)OC)C(=O)CCC(=O)CNC(=O)CCC(C)=O)C(=O)CCC(=O)CNC(=O)CF. The Bertz CT molecular complexity index is 1220. The number of ketones is 5. The second kappa shape index (κ2) is 24.3. The number of halogens is 1. The fraction of sp³-hybridized carbons (Fsp3) is 0.633. The van der Waals surface area contributed by atoms with Crippen LogP contribution in [0.1, 0.15) is 64.7 Å². The second-order valence-corrected chi connectivity index (χ2v) is 10.5. The fourth-order valence-electron chi connectivity index (χ4n) is 3.78. The minimum atomic E-state index is -1.31. The van der Waals surface area contributed by atoms with E-state index >= 15 is 0 Å². The summed E-state index contributed by atoms with van der Waals surface area (Å²) in [7, 11) is 2.15. The molecule has 0 atom stereocenters. The molecule has 0 saturated heterocycles. The summed E-state index contributed by atoms with van der Waals surface area (Å²) in [5.74, 6) is -6.91. The molecule has 0 heterocycles. The Kier molecular flexibility index (Phi) is 21.8. The zero-order valence-corrected chi connectivity index (χ0v) is 27.4. The van der Waals surface area contributed by atoms with Crippen molar-refractivity contribution in [3.63, 3.8) is 0 Å². The Balaban J connectivity index is 4.96. The molecule has 18 heteroatoms. The highest BCUT2D eigenvalue weighted by atomic mass is 19.1. The van der Waals surface area contributed by atoms with E-state index in [0.717, 1.165) is 24.0 Å². The molecule has 268 valence electrons. The number of carbonyl (C=O) groups excluding carboxylic acids is 11. The van der Waals surface area contributed by atoms with Crippen molar-refractivity contribution in [3.8, 4) is 0 Å². The molecule has 4 amide bonds. The lowest BCUT2D eigenvalue weighted by molar-refractivity contribution is -0.148. The van der Waals surface area contributed by atoms with Gasteiger partial charge in [-0.1, -0.05) is 0 Å². The maximum atomic E-state index is 12.7. The molecule has 0 fully saturated rings. The van der Waals surface area contributed by atoms with Crippen LogP contribution < -0.4 is 10.6 Å². The molecular weight excluding hydrogens is 643 g/mol. The molecule has 2 N–H and O–H groups in total. The third kappa shape index (κ3) is 21.0. The zero-order valence-electron chi connectivity index (χ0n) is 27.4. The largest absolute Gasteiger partial charge is 0.468 e. The van der Waals surface area contributed by atoms with Crippen molar-refractivity contribution in [1.82, 2.24) is 20.4 Å². The third-order valence-electron chi connectivity index (χ3n) is 6.47. The van der Waals surface area contributed by atoms with Gasteiger partial charge in [-0.3, -0.25) is 47.9 Å². The van der Waals surface area contributed by atoms with Crippen LogP contribution in [0.5, 0.6) is 0 Å². The molecule has 0 unspecified atom stereocenters. The smallest absolute Gasteiger partial charge is 0.325 e. The van der Waals surface area contributed by atoms with Gasteiger partial charge in [0.25, 0.3) is 5.91 Å². The normalized spacial score (nSPS) is 10.2. The van der Waals surface area contributed by atoms with E-state index < -0.39 is 105 Å². The molecule has 0 aliphatic rings. The summed E-state index contributed by atoms with van der Waals surface area (Å²) in [5.41, 5.74) is 0. The van der Waals surface area contributed by atoms with Gasteiger partial charge in [0.1, 0.15) is 18.9 Å². The molecule has 0 spiro atoms. The van der Waals surface area contributed by atoms with E-state index in [-0.39, 0.29) is 63.7 Å². The van der Waals surface area contributed by atoms with E-state index in [1.807, 2.05) is 5.32 Å². The summed E-state index contributed by atoms with van der Waals surface area (Å²) in [5, 5.41) is 4.37. The summed E-state index contributed by atoms with van der Waals surface area (Å²) >= 11 is 0. The first-order chi connectivity index (χ1) is 22.6. The van der Waals surface area contributed by atoms with Crippen molar-refractivity contribution in [2.45, 2.75) is 64.7 Å². The van der Waals surface area contributed by atoms with Crippen molar-refractivity contribution in [2.75, 3.05) is 60.2 Å². The van der Waals surface area contributed by atoms with Crippen molar-refractivity contribution in [3.05, 3.63) is 0 Å². The van der Waals surface area contributed by atoms with Gasteiger partial charge < -0.3 is 34.7 Å². The molecule has 0 radical (unpaired) electrons. The minimum Gasteiger partial charge on any atom is -0.468 e. The van der Waals surface area contributed by atoms with Crippen LogP contribution in [0.15, 0.2) is 0 Å². The highest BCUT2D eigenvalue weighted by Gasteiger charge is 2.23. The van der Waals surface area contributed by atoms with Crippen LogP contribution in [0.3, 0.4) is 0 Å². The van der Waals surface area contributed by atoms with E-state index in [1.54, 1.807) is 0 Å². The summed E-state index contributed by atoms with van der Waals surface area (Å²) in [4.78, 5) is 133. The van der Waals surface area contributed by atoms with Crippen LogP contribution in [0.25, 0.3) is 0 Å². The van der Waals surface area contributed by atoms with E-state index in [0.29, 0.717) is 0 Å². The number of rotatable bonds is 26. The number of nitrogens with one attached hydrogen (secondary N) is 2. The number of hydrogen-bond donors (Lipinski definition) is 2. The van der Waals surface area contributed by atoms with Gasteiger partial charge in [0, 0.05) is 51.4 Å². The molecule has 0 aliphatic heterocycles. The number of amides is 4. The molecule has 0 bridgehead atoms. The lowest BCUT2D eigenvalue weighted by atomic mass is 10.1. The second-order valence-electron chi connectivity index (χ2n) is 10.5. The molecule has 48 heavy (non-hydrogen) atoms. The Morgan fingerprint density at radius 2 is 0.938 bits per heavy atom. The molecule has 0 aromatic carbocycles. The van der Waals surface area contributed by atoms with Gasteiger partial charge in [-0.15, -0.1) is 0 Å². The third-order valence-corrected chi connectivity index (χ3v) is 6.47. The number of esters is 2. The standard InChI is InChI=1S/C30H43FN4O13/c1-20(36)7-10-25(41)32-14-21(37)8-11-27(43)34(18-29(45)47-2)16-23(39)5-4-6-24(40)17-35(19-30(46)48-3)28(44)12-9-22(38)15-33-26(42)13-31/h4-19H2,1-3H3,(H,32,41)(H,33,42). The first-order valence-corrected chi connectivity index (χ1v) is 15.0. The summed E-state index contributed by atoms with van der Waals surface area (Å²) in [6.45, 7) is -3.08. The lowest BCUT2D eigenvalue weighted by Gasteiger charge is -2.21. The highest BCUT2D eigenvalue weighted by Crippen LogP contribution is 2.07. The number of methoxy groups -OCH3 is 2. The Morgan fingerprint density at radius 1 is 0.521 bits per heavy atom. The van der Waals surface area contributed by atoms with Gasteiger partial charge in [0.15, 0.2) is 29.8 Å². The highest BCUT2D eigenvalue weighted by molar-refractivity contribution is 5.94. The molecule has 0 saturated carbocycles. The number of carbonyl (C=O) groups is 11. The average Bonchev–Trinajstić information content (AvgIpc) is 3.05. The van der Waals surface area contributed by atoms with Crippen LogP contribution in [0.4, 0.5) is 4.39 Å². The van der Waals surface area contributed by atoms with Crippen molar-refractivity contribution in [1.29, 1.82) is 0 Å². The fourth-order valence-corrected chi connectivity index (χ4v) is 3.78. The quantitative estimate of drug-likeness (QED) is 0.0994. The molecular formula is C30H43FN4O13. The molecule has 0 aromatic rings. The predicted octanol–water partition coefficient (Wildman–Crippen LogP) is -1.43. The Labute approximate surface area is 276 Å². The Morgan fingerprint density at radius 3 is 1.31 bits per heavy atom. The van der Waals surface area contributed by atoms with Crippen LogP contribution in [-0.4, -0.2) is 134 Å². The summed E-state index contributed by atoms with van der Waals surface area (Å²) in [6.07, 6.45) is -1.89. The molecule has 17 nitrogen and oxygen atoms in total. The van der Waals surface area contributed by atoms with Gasteiger partial charge in [-0.25, -0.2) is 4.39 Å². The predicted molar refractivity (Wildman–Crippen MR) is 161 cm³/mol. The topological polar surface area (TPSA) is 237 Å². The number of nitrogens with zero attached hydrogens (tertiary/aromatic N) is 2. The summed E-state index contributed by atoms with van der Waals surface area (Å²) in [6, 6.07) is 0. The van der Waals surface area contributed by atoms with Gasteiger partial charge in [-0.2, -0.15) is 0 Å². The molecule has 0 rings (SSSR count). The lowest BCUT2D eigenvalue weighted by Crippen LogP contribution is -2.40. The average molecular weight is 687 g/mol. The van der Waals surface area contributed by atoms with Gasteiger partial charge in [0.2, 0.25) is 17.7 Å². The number of Topliss-reactive ketones (excluding diaryl/α,β-unsaturated/α-hetero) is 5. The number of alkyl halides is 1. The number of ether oxygens (including phenoxy) is 2. The maximum Gasteiger partial charge on any atom is 0.325 e. The van der Waals surface area contributed by atoms with Crippen LogP contribution in [-0.2, 0) is 62.2 Å². The van der Waals surface area contributed by atoms with Crippen molar-refractivity contribution >= 4 is 64.5 Å². The van der Waals surface area contributed by atoms with E-state index in [4.69, 9.17) is 0 Å². The van der Waals surface area contributed by atoms with Crippen molar-refractivity contribution < 1.29 is 66.6 Å². The van der Waals surface area contributed by atoms with E-state index in [1.165, 1.54) is 6.92 Å². The first-order valence-electron chi connectivity index (χ1n) is 15.0. The molecule has 0 aromatic heterocycles. The summed E-state index contributed by atoms with van der Waals surface area (Å²) < 4.78 is 21.3. The number of hydrogen-bond acceptors (Lipinski definition) is 13. The Hall–Kier alpha value is -4.90.